The van der Waals surface area contributed by atoms with Gasteiger partial charge in [0.25, 0.3) is 11.2 Å². The number of hydrogen-bond acceptors (Lipinski definition) is 9. The largest absolute Gasteiger partial charge is 0.746 e. The second-order valence-corrected chi connectivity index (χ2v) is 10.9. The first-order valence-corrected chi connectivity index (χ1v) is 12.8. The number of benzene rings is 2. The number of likely N-dealkylation sites (tertiary alicyclic amines) is 1. The number of nitrogens with zero attached hydrogens (tertiary/aromatic N) is 1. The molecule has 2 aromatic rings. The third-order valence-corrected chi connectivity index (χ3v) is 7.73. The Kier molecular flexibility index (Phi) is 6.36. The number of ether oxygens (including phenoxy) is 3. The van der Waals surface area contributed by atoms with Crippen LogP contribution in [0.1, 0.15) is 24.2 Å². The van der Waals surface area contributed by atoms with Crippen molar-refractivity contribution in [2.75, 3.05) is 0 Å². The fraction of sp³-hybridized carbons (Fsp3) is 0.417. The first-order valence-electron chi connectivity index (χ1n) is 11.4. The van der Waals surface area contributed by atoms with Gasteiger partial charge < -0.3 is 23.7 Å². The number of rotatable bonds is 7. The van der Waals surface area contributed by atoms with Gasteiger partial charge in [-0.05, 0) is 36.8 Å². The van der Waals surface area contributed by atoms with Gasteiger partial charge in [-0.2, -0.15) is 0 Å². The van der Waals surface area contributed by atoms with E-state index in [1.54, 1.807) is 38.1 Å². The molecule has 0 saturated carbocycles. The first-order chi connectivity index (χ1) is 17.3. The minimum atomic E-state index is -6.14. The molecule has 0 aliphatic carbocycles. The predicted molar refractivity (Wildman–Crippen MR) is 120 cm³/mol. The number of alkyl halides is 2. The Morgan fingerprint density at radius 2 is 1.79 bits per heavy atom. The summed E-state index contributed by atoms with van der Waals surface area (Å²) >= 11 is 0. The van der Waals surface area contributed by atoms with E-state index in [9.17, 15) is 36.1 Å². The summed E-state index contributed by atoms with van der Waals surface area (Å²) in [7, 11) is -6.14. The molecule has 0 N–H and O–H groups in total. The minimum absolute atomic E-state index is 0. The van der Waals surface area contributed by atoms with Gasteiger partial charge in [-0.15, -0.1) is 0 Å². The van der Waals surface area contributed by atoms with Gasteiger partial charge in [0.2, 0.25) is 5.91 Å². The average Bonchev–Trinajstić information content (AvgIpc) is 3.44. The quantitative estimate of drug-likeness (QED) is 0.233. The van der Waals surface area contributed by atoms with Crippen LogP contribution < -0.4 is 0 Å². The maximum absolute atomic E-state index is 13.5. The fourth-order valence-electron chi connectivity index (χ4n) is 5.43. The maximum Gasteiger partial charge on any atom is 0.338 e. The summed E-state index contributed by atoms with van der Waals surface area (Å²) in [6, 6.07) is 11.2. The minimum Gasteiger partial charge on any atom is -0.746 e. The van der Waals surface area contributed by atoms with Crippen LogP contribution in [0.3, 0.4) is 0 Å². The Hall–Kier alpha value is -4.16. The normalized spacial score (nSPS) is 28.1. The van der Waals surface area contributed by atoms with Crippen molar-refractivity contribution in [3.8, 4) is 0 Å². The van der Waals surface area contributed by atoms with Crippen molar-refractivity contribution in [1.82, 2.24) is 4.90 Å². The molecule has 10 nitrogen and oxygen atoms in total. The third kappa shape index (κ3) is 4.02. The summed E-state index contributed by atoms with van der Waals surface area (Å²) in [6.07, 6.45) is -3.22. The number of fused-ring (bicyclic) bond motifs is 2. The molecule has 0 radical (unpaired) electrons. The van der Waals surface area contributed by atoms with Crippen molar-refractivity contribution in [3.63, 3.8) is 0 Å². The molecule has 3 aliphatic rings. The van der Waals surface area contributed by atoms with Crippen molar-refractivity contribution in [2.45, 2.75) is 49.5 Å². The Bertz CT molecular complexity index is 1400. The standard InChI is InChI=1S/C24H22F2NO9S.Rf/c1-11(2)27-17-18-15(21(27)28)16(23(30)34-10-24(25,26)37(31,32)33)19(35-18)20(17)36-22(29)14-8-7-12-5-3-4-6-13(12)9-14;/h3-11,15-20H,1-2H3,(H,31,32,33);/q-1;/p-1. The van der Waals surface area contributed by atoms with Gasteiger partial charge in [0.05, 0.1) is 29.5 Å². The zero-order chi connectivity index (χ0) is 26.9. The van der Waals surface area contributed by atoms with E-state index in [1.165, 1.54) is 4.90 Å². The van der Waals surface area contributed by atoms with Crippen molar-refractivity contribution < 1.29 is 50.3 Å². The van der Waals surface area contributed by atoms with Crippen LogP contribution in [0.2, 0.25) is 0 Å². The smallest absolute Gasteiger partial charge is 0.338 e. The van der Waals surface area contributed by atoms with Crippen molar-refractivity contribution in [2.24, 2.45) is 11.8 Å². The Morgan fingerprint density at radius 1 is 1.13 bits per heavy atom. The van der Waals surface area contributed by atoms with Gasteiger partial charge >= 0.3 is 5.97 Å². The molecular formula is C24H21F2NO9RfS-2. The topological polar surface area (TPSA) is 139 Å². The van der Waals surface area contributed by atoms with E-state index in [2.05, 4.69) is 4.74 Å². The average molecular weight is 804 g/mol. The second-order valence-electron chi connectivity index (χ2n) is 9.45. The van der Waals surface area contributed by atoms with Gasteiger partial charge in [-0.25, -0.2) is 22.0 Å². The zero-order valence-electron chi connectivity index (χ0n) is 20.2. The van der Waals surface area contributed by atoms with Crippen LogP contribution >= 0.6 is 0 Å². The zero-order valence-corrected chi connectivity index (χ0v) is 27.4. The molecule has 3 saturated heterocycles. The molecule has 0 aromatic heterocycles. The third-order valence-electron chi connectivity index (χ3n) is 6.97. The predicted octanol–water partition coefficient (Wildman–Crippen LogP) is 1.84. The molecule has 14 heteroatoms. The van der Waals surface area contributed by atoms with Crippen LogP contribution in [0, 0.1) is 18.4 Å². The monoisotopic (exact) mass is 804 g/mol. The Labute approximate surface area is 210 Å². The van der Waals surface area contributed by atoms with Gasteiger partial charge in [0, 0.05) is 6.04 Å². The van der Waals surface area contributed by atoms with Gasteiger partial charge in [0.1, 0.15) is 16.2 Å². The van der Waals surface area contributed by atoms with E-state index in [0.29, 0.717) is 0 Å². The van der Waals surface area contributed by atoms with Crippen LogP contribution in [0.5, 0.6) is 0 Å². The SMILES string of the molecule is CC(C)N1C(=O)C2C3OC(C(OC(=O)c4ccc5ccccc5c4)C31)C2C(=O)O[CH-]C(F)(F)S(=O)(=O)[O-].[Rf]. The molecule has 2 aromatic carbocycles. The van der Waals surface area contributed by atoms with E-state index < -0.39 is 76.0 Å². The molecule has 2 bridgehead atoms. The summed E-state index contributed by atoms with van der Waals surface area (Å²) in [5.41, 5.74) is 0.214. The van der Waals surface area contributed by atoms with Crippen molar-refractivity contribution in [3.05, 3.63) is 54.6 Å². The maximum atomic E-state index is 13.5. The molecule has 5 rings (SSSR count). The van der Waals surface area contributed by atoms with Crippen molar-refractivity contribution >= 4 is 38.7 Å². The van der Waals surface area contributed by atoms with E-state index >= 15 is 0 Å². The molecule has 1 amide bonds. The second kappa shape index (κ2) is 8.99. The molecule has 3 fully saturated rings. The van der Waals surface area contributed by atoms with Crippen LogP contribution in [-0.2, 0) is 33.9 Å². The van der Waals surface area contributed by atoms with E-state index in [-0.39, 0.29) is 11.6 Å². The van der Waals surface area contributed by atoms with E-state index in [1.807, 2.05) is 18.2 Å². The molecule has 3 heterocycles. The molecule has 3 aliphatic heterocycles. The van der Waals surface area contributed by atoms with Crippen molar-refractivity contribution in [1.29, 1.82) is 0 Å². The van der Waals surface area contributed by atoms with Gasteiger partial charge in [-0.3, -0.25) is 9.59 Å². The number of amides is 1. The Morgan fingerprint density at radius 3 is 2.42 bits per heavy atom. The van der Waals surface area contributed by atoms with E-state index in [0.717, 1.165) is 10.8 Å². The van der Waals surface area contributed by atoms with Crippen LogP contribution in [-0.4, -0.2) is 71.4 Å². The van der Waals surface area contributed by atoms with Crippen LogP contribution in [0.25, 0.3) is 10.8 Å². The fourth-order valence-corrected chi connectivity index (χ4v) is 5.60. The molecule has 38 heavy (non-hydrogen) atoms. The molecule has 6 unspecified atom stereocenters. The number of esters is 2. The van der Waals surface area contributed by atoms with Crippen LogP contribution in [0.4, 0.5) is 8.78 Å². The summed E-state index contributed by atoms with van der Waals surface area (Å²) in [5, 5.41) is -3.30. The number of halogens is 2. The number of hydrogen-bond donors (Lipinski definition) is 0. The number of carbonyl (C=O) groups is 3. The van der Waals surface area contributed by atoms with Gasteiger partial charge in [0.15, 0.2) is 6.10 Å². The molecule has 200 valence electrons. The van der Waals surface area contributed by atoms with Gasteiger partial charge in [-0.1, -0.05) is 36.9 Å². The van der Waals surface area contributed by atoms with E-state index in [4.69, 9.17) is 9.47 Å². The summed E-state index contributed by atoms with van der Waals surface area (Å²) in [4.78, 5) is 40.5. The summed E-state index contributed by atoms with van der Waals surface area (Å²) < 4.78 is 75.2. The first kappa shape index (κ1) is 26.9. The summed E-state index contributed by atoms with van der Waals surface area (Å²) in [5.74, 6) is -5.22. The molecule has 6 atom stereocenters. The Balaban J connectivity index is 0.00000336. The van der Waals surface area contributed by atoms with Crippen LogP contribution in [0.15, 0.2) is 42.5 Å². The molecule has 0 spiro atoms. The molecular weight excluding hydrogens is 783 g/mol. The summed E-state index contributed by atoms with van der Waals surface area (Å²) in [6.45, 7) is 2.77. The number of carbonyl (C=O) groups excluding carboxylic acids is 3.